The number of carbonyl (C=O) groups excluding carboxylic acids is 1. The van der Waals surface area contributed by atoms with Crippen LogP contribution in [-0.2, 0) is 9.53 Å². The van der Waals surface area contributed by atoms with Crippen LogP contribution in [0.25, 0.3) is 0 Å². The van der Waals surface area contributed by atoms with Crippen LogP contribution in [0.15, 0.2) is 22.8 Å². The molecule has 5 nitrogen and oxygen atoms in total. The summed E-state index contributed by atoms with van der Waals surface area (Å²) in [7, 11) is 1.75. The number of rotatable bonds is 2. The minimum Gasteiger partial charge on any atom is -0.448 e. The molecule has 0 spiro atoms. The van der Waals surface area contributed by atoms with E-state index >= 15 is 0 Å². The van der Waals surface area contributed by atoms with E-state index < -0.39 is 0 Å². The highest BCUT2D eigenvalue weighted by molar-refractivity contribution is 5.96. The SMILES string of the molecule is CNC1COCCN(c2ccco2)C1=O. The molecule has 0 radical (unpaired) electrons. The molecular formula is C10H14N2O3. The van der Waals surface area contributed by atoms with E-state index in [1.807, 2.05) is 0 Å². The fraction of sp³-hybridized carbons (Fsp3) is 0.500. The van der Waals surface area contributed by atoms with Gasteiger partial charge in [0.1, 0.15) is 6.04 Å². The summed E-state index contributed by atoms with van der Waals surface area (Å²) in [6.45, 7) is 1.47. The van der Waals surface area contributed by atoms with Crippen molar-refractivity contribution in [2.45, 2.75) is 6.04 Å². The largest absolute Gasteiger partial charge is 0.448 e. The quantitative estimate of drug-likeness (QED) is 0.759. The van der Waals surface area contributed by atoms with Crippen LogP contribution in [0.4, 0.5) is 5.88 Å². The van der Waals surface area contributed by atoms with Crippen LogP contribution >= 0.6 is 0 Å². The maximum Gasteiger partial charge on any atom is 0.248 e. The molecular weight excluding hydrogens is 196 g/mol. The summed E-state index contributed by atoms with van der Waals surface area (Å²) in [5.41, 5.74) is 0. The summed E-state index contributed by atoms with van der Waals surface area (Å²) < 4.78 is 10.5. The van der Waals surface area contributed by atoms with Crippen molar-refractivity contribution in [3.8, 4) is 0 Å². The summed E-state index contributed by atoms with van der Waals surface area (Å²) in [6, 6.07) is 3.25. The molecule has 1 aliphatic rings. The van der Waals surface area contributed by atoms with Gasteiger partial charge in [0.25, 0.3) is 0 Å². The second-order valence-electron chi connectivity index (χ2n) is 3.36. The lowest BCUT2D eigenvalue weighted by Crippen LogP contribution is -2.45. The first-order valence-corrected chi connectivity index (χ1v) is 4.93. The van der Waals surface area contributed by atoms with Gasteiger partial charge in [-0.15, -0.1) is 0 Å². The molecule has 82 valence electrons. The van der Waals surface area contributed by atoms with E-state index in [9.17, 15) is 4.79 Å². The standard InChI is InChI=1S/C10H14N2O3/c1-11-8-7-14-6-4-12(10(8)13)9-3-2-5-15-9/h2-3,5,8,11H,4,6-7H2,1H3. The van der Waals surface area contributed by atoms with Crippen molar-refractivity contribution in [2.75, 3.05) is 31.7 Å². The van der Waals surface area contributed by atoms with E-state index in [1.54, 1.807) is 30.3 Å². The number of anilines is 1. The van der Waals surface area contributed by atoms with Crippen LogP contribution < -0.4 is 10.2 Å². The Kier molecular flexibility index (Phi) is 3.03. The van der Waals surface area contributed by atoms with E-state index in [0.29, 0.717) is 25.6 Å². The Hall–Kier alpha value is -1.33. The normalized spacial score (nSPS) is 22.9. The van der Waals surface area contributed by atoms with Gasteiger partial charge in [-0.05, 0) is 13.1 Å². The molecule has 0 saturated carbocycles. The second-order valence-corrected chi connectivity index (χ2v) is 3.36. The van der Waals surface area contributed by atoms with Crippen LogP contribution in [0.1, 0.15) is 0 Å². The lowest BCUT2D eigenvalue weighted by atomic mass is 10.3. The van der Waals surface area contributed by atoms with Crippen molar-refractivity contribution < 1.29 is 13.9 Å². The lowest BCUT2D eigenvalue weighted by molar-refractivity contribution is -0.120. The minimum absolute atomic E-state index is 0.00931. The van der Waals surface area contributed by atoms with Gasteiger partial charge in [0.15, 0.2) is 0 Å². The third-order valence-corrected chi connectivity index (χ3v) is 2.43. The van der Waals surface area contributed by atoms with Crippen LogP contribution in [-0.4, -0.2) is 38.8 Å². The third kappa shape index (κ3) is 2.03. The molecule has 1 atom stereocenters. The average molecular weight is 210 g/mol. The van der Waals surface area contributed by atoms with Gasteiger partial charge in [-0.2, -0.15) is 0 Å². The molecule has 0 aromatic carbocycles. The molecule has 1 aromatic rings. The molecule has 1 amide bonds. The van der Waals surface area contributed by atoms with Crippen LogP contribution in [0, 0.1) is 0 Å². The van der Waals surface area contributed by atoms with Gasteiger partial charge >= 0.3 is 0 Å². The molecule has 2 heterocycles. The predicted molar refractivity (Wildman–Crippen MR) is 54.7 cm³/mol. The predicted octanol–water partition coefficient (Wildman–Crippen LogP) is 0.231. The smallest absolute Gasteiger partial charge is 0.248 e. The number of hydrogen-bond donors (Lipinski definition) is 1. The highest BCUT2D eigenvalue weighted by Crippen LogP contribution is 2.16. The summed E-state index contributed by atoms with van der Waals surface area (Å²) >= 11 is 0. The molecule has 1 fully saturated rings. The zero-order chi connectivity index (χ0) is 10.7. The van der Waals surface area contributed by atoms with Gasteiger partial charge in [-0.25, -0.2) is 0 Å². The Morgan fingerprint density at radius 1 is 1.60 bits per heavy atom. The molecule has 15 heavy (non-hydrogen) atoms. The number of nitrogens with zero attached hydrogens (tertiary/aromatic N) is 1. The Balaban J connectivity index is 2.19. The summed E-state index contributed by atoms with van der Waals surface area (Å²) in [6.07, 6.45) is 1.56. The van der Waals surface area contributed by atoms with E-state index in [2.05, 4.69) is 5.32 Å². The van der Waals surface area contributed by atoms with Gasteiger partial charge in [0.2, 0.25) is 11.8 Å². The van der Waals surface area contributed by atoms with Crippen molar-refractivity contribution in [3.05, 3.63) is 18.4 Å². The Bertz CT molecular complexity index is 323. The first kappa shape index (κ1) is 10.2. The second kappa shape index (κ2) is 4.46. The number of nitrogens with one attached hydrogen (secondary N) is 1. The van der Waals surface area contributed by atoms with E-state index in [4.69, 9.17) is 9.15 Å². The van der Waals surface area contributed by atoms with Gasteiger partial charge in [0, 0.05) is 6.07 Å². The number of amides is 1. The topological polar surface area (TPSA) is 54.7 Å². The maximum atomic E-state index is 12.0. The van der Waals surface area contributed by atoms with Crippen LogP contribution in [0.3, 0.4) is 0 Å². The molecule has 5 heteroatoms. The van der Waals surface area contributed by atoms with Crippen molar-refractivity contribution >= 4 is 11.8 Å². The van der Waals surface area contributed by atoms with Gasteiger partial charge in [-0.3, -0.25) is 9.69 Å². The lowest BCUT2D eigenvalue weighted by Gasteiger charge is -2.20. The average Bonchev–Trinajstić information content (AvgIpc) is 2.70. The number of likely N-dealkylation sites (N-methyl/N-ethyl adjacent to an activating group) is 1. The number of ether oxygens (including phenoxy) is 1. The molecule has 1 saturated heterocycles. The summed E-state index contributed by atoms with van der Waals surface area (Å²) in [5, 5.41) is 2.93. The van der Waals surface area contributed by atoms with Crippen molar-refractivity contribution in [1.82, 2.24) is 5.32 Å². The third-order valence-electron chi connectivity index (χ3n) is 2.43. The Morgan fingerprint density at radius 3 is 3.13 bits per heavy atom. The van der Waals surface area contributed by atoms with E-state index in [0.717, 1.165) is 0 Å². The van der Waals surface area contributed by atoms with E-state index in [-0.39, 0.29) is 11.9 Å². The van der Waals surface area contributed by atoms with Gasteiger partial charge < -0.3 is 14.5 Å². The molecule has 1 aliphatic heterocycles. The Morgan fingerprint density at radius 2 is 2.47 bits per heavy atom. The minimum atomic E-state index is -0.294. The molecule has 0 bridgehead atoms. The van der Waals surface area contributed by atoms with E-state index in [1.165, 1.54) is 0 Å². The molecule has 1 aromatic heterocycles. The first-order chi connectivity index (χ1) is 7.33. The fourth-order valence-corrected chi connectivity index (χ4v) is 1.58. The molecule has 1 N–H and O–H groups in total. The molecule has 2 rings (SSSR count). The summed E-state index contributed by atoms with van der Waals surface area (Å²) in [4.78, 5) is 13.6. The van der Waals surface area contributed by atoms with Crippen LogP contribution in [0.2, 0.25) is 0 Å². The zero-order valence-electron chi connectivity index (χ0n) is 8.60. The zero-order valence-corrected chi connectivity index (χ0v) is 8.60. The number of hydrogen-bond acceptors (Lipinski definition) is 4. The Labute approximate surface area is 88.0 Å². The van der Waals surface area contributed by atoms with Crippen molar-refractivity contribution in [1.29, 1.82) is 0 Å². The number of furan rings is 1. The highest BCUT2D eigenvalue weighted by atomic mass is 16.5. The monoisotopic (exact) mass is 210 g/mol. The van der Waals surface area contributed by atoms with Crippen LogP contribution in [0.5, 0.6) is 0 Å². The first-order valence-electron chi connectivity index (χ1n) is 4.93. The van der Waals surface area contributed by atoms with Crippen molar-refractivity contribution in [2.24, 2.45) is 0 Å². The number of carbonyl (C=O) groups is 1. The van der Waals surface area contributed by atoms with Gasteiger partial charge in [0.05, 0.1) is 26.0 Å². The van der Waals surface area contributed by atoms with Crippen molar-refractivity contribution in [3.63, 3.8) is 0 Å². The molecule has 1 unspecified atom stereocenters. The van der Waals surface area contributed by atoms with Gasteiger partial charge in [-0.1, -0.05) is 0 Å². The summed E-state index contributed by atoms with van der Waals surface area (Å²) in [5.74, 6) is 0.565. The molecule has 0 aliphatic carbocycles. The fourth-order valence-electron chi connectivity index (χ4n) is 1.58. The highest BCUT2D eigenvalue weighted by Gasteiger charge is 2.28. The maximum absolute atomic E-state index is 12.0.